The lowest BCUT2D eigenvalue weighted by Gasteiger charge is -2.21. The van der Waals surface area contributed by atoms with Crippen molar-refractivity contribution < 1.29 is 19.0 Å². The number of rotatable bonds is 0. The van der Waals surface area contributed by atoms with Crippen LogP contribution in [-0.4, -0.2) is 18.4 Å². The van der Waals surface area contributed by atoms with Gasteiger partial charge < -0.3 is 14.2 Å². The Morgan fingerprint density at radius 2 is 1.68 bits per heavy atom. The normalized spacial score (nSPS) is 34.0. The van der Waals surface area contributed by atoms with Crippen molar-refractivity contribution in [2.24, 2.45) is 0 Å². The molecule has 3 heterocycles. The van der Waals surface area contributed by atoms with Crippen LogP contribution >= 0.6 is 0 Å². The summed E-state index contributed by atoms with van der Waals surface area (Å²) in [4.78, 5) is 11.3. The predicted molar refractivity (Wildman–Crippen MR) is 65.7 cm³/mol. The quantitative estimate of drug-likeness (QED) is 0.678. The summed E-state index contributed by atoms with van der Waals surface area (Å²) >= 11 is 0. The van der Waals surface area contributed by atoms with Gasteiger partial charge in [0.25, 0.3) is 0 Å². The highest BCUT2D eigenvalue weighted by Crippen LogP contribution is 2.56. The van der Waals surface area contributed by atoms with Crippen molar-refractivity contribution in [2.45, 2.75) is 24.4 Å². The largest absolute Gasteiger partial charge is 0.509 e. The molecular weight excluding hydrogens is 244 g/mol. The fourth-order valence-corrected chi connectivity index (χ4v) is 3.53. The number of hydrogen-bond donors (Lipinski definition) is 0. The summed E-state index contributed by atoms with van der Waals surface area (Å²) in [5, 5.41) is 2.35. The van der Waals surface area contributed by atoms with Gasteiger partial charge in [0.1, 0.15) is 12.2 Å². The van der Waals surface area contributed by atoms with Gasteiger partial charge in [0.15, 0.2) is 12.2 Å². The Kier molecular flexibility index (Phi) is 1.59. The third kappa shape index (κ3) is 1.06. The third-order valence-electron chi connectivity index (χ3n) is 4.27. The SMILES string of the molecule is O=C1O[C@@H]2[C@H](O1)[C@H]1O[C@@H]2c2c1ccc1ccccc21. The fraction of sp³-hybridized carbons (Fsp3) is 0.267. The van der Waals surface area contributed by atoms with Crippen LogP contribution in [0.5, 0.6) is 0 Å². The first-order valence-electron chi connectivity index (χ1n) is 6.37. The topological polar surface area (TPSA) is 44.8 Å². The van der Waals surface area contributed by atoms with Crippen molar-refractivity contribution in [3.05, 3.63) is 47.5 Å². The third-order valence-corrected chi connectivity index (χ3v) is 4.27. The standard InChI is InChI=1S/C15H10O4/c16-15-18-13-11-9-6-5-7-3-1-2-4-8(7)10(9)12(17-11)14(13)19-15/h1-6,11-14H/t11-,12+,13+,14-/m0/s1. The van der Waals surface area contributed by atoms with E-state index in [1.165, 1.54) is 10.8 Å². The molecule has 5 rings (SSSR count). The molecule has 0 unspecified atom stereocenters. The molecule has 0 spiro atoms. The maximum Gasteiger partial charge on any atom is 0.509 e. The van der Waals surface area contributed by atoms with Crippen molar-refractivity contribution >= 4 is 16.9 Å². The lowest BCUT2D eigenvalue weighted by Crippen LogP contribution is -2.28. The Bertz CT molecular complexity index is 723. The van der Waals surface area contributed by atoms with Crippen molar-refractivity contribution in [1.29, 1.82) is 0 Å². The highest BCUT2D eigenvalue weighted by molar-refractivity contribution is 5.88. The zero-order valence-electron chi connectivity index (χ0n) is 9.91. The maximum atomic E-state index is 11.3. The molecule has 0 saturated carbocycles. The number of benzene rings is 2. The van der Waals surface area contributed by atoms with Gasteiger partial charge >= 0.3 is 6.16 Å². The summed E-state index contributed by atoms with van der Waals surface area (Å²) in [7, 11) is 0. The second-order valence-corrected chi connectivity index (χ2v) is 5.18. The number of hydrogen-bond acceptors (Lipinski definition) is 4. The number of fused-ring (bicyclic) bond motifs is 10. The van der Waals surface area contributed by atoms with Gasteiger partial charge in [-0.15, -0.1) is 0 Å². The summed E-state index contributed by atoms with van der Waals surface area (Å²) in [6, 6.07) is 12.4. The van der Waals surface area contributed by atoms with Gasteiger partial charge in [-0.2, -0.15) is 0 Å². The van der Waals surface area contributed by atoms with E-state index in [0.29, 0.717) is 0 Å². The van der Waals surface area contributed by atoms with Crippen LogP contribution in [0, 0.1) is 0 Å². The van der Waals surface area contributed by atoms with Crippen LogP contribution in [0.25, 0.3) is 10.8 Å². The first-order chi connectivity index (χ1) is 9.33. The van der Waals surface area contributed by atoms with E-state index in [9.17, 15) is 4.79 Å². The molecule has 0 aliphatic carbocycles. The molecule has 0 N–H and O–H groups in total. The zero-order valence-corrected chi connectivity index (χ0v) is 9.91. The molecule has 2 aromatic carbocycles. The lowest BCUT2D eigenvalue weighted by molar-refractivity contribution is -0.00555. The monoisotopic (exact) mass is 254 g/mol. The molecule has 0 aromatic heterocycles. The van der Waals surface area contributed by atoms with Gasteiger partial charge in [-0.05, 0) is 21.9 Å². The number of ether oxygens (including phenoxy) is 3. The van der Waals surface area contributed by atoms with Gasteiger partial charge in [0, 0.05) is 0 Å². The summed E-state index contributed by atoms with van der Waals surface area (Å²) in [6.45, 7) is 0. The first kappa shape index (κ1) is 9.81. The van der Waals surface area contributed by atoms with Crippen molar-refractivity contribution in [3.63, 3.8) is 0 Å². The molecule has 4 atom stereocenters. The van der Waals surface area contributed by atoms with Crippen LogP contribution < -0.4 is 0 Å². The van der Waals surface area contributed by atoms with E-state index in [2.05, 4.69) is 24.3 Å². The Hall–Kier alpha value is -2.07. The van der Waals surface area contributed by atoms with Gasteiger partial charge in [0.2, 0.25) is 0 Å². The maximum absolute atomic E-state index is 11.3. The van der Waals surface area contributed by atoms with Crippen LogP contribution in [0.2, 0.25) is 0 Å². The summed E-state index contributed by atoms with van der Waals surface area (Å²) in [6.07, 6.45) is -1.53. The average molecular weight is 254 g/mol. The smallest absolute Gasteiger partial charge is 0.424 e. The molecule has 3 aliphatic heterocycles. The minimum atomic E-state index is -0.578. The summed E-state index contributed by atoms with van der Waals surface area (Å²) < 4.78 is 16.4. The van der Waals surface area contributed by atoms with Crippen LogP contribution in [0.4, 0.5) is 4.79 Å². The van der Waals surface area contributed by atoms with E-state index in [4.69, 9.17) is 14.2 Å². The molecule has 0 radical (unpaired) electrons. The van der Waals surface area contributed by atoms with Crippen molar-refractivity contribution in [1.82, 2.24) is 0 Å². The molecule has 2 saturated heterocycles. The van der Waals surface area contributed by atoms with Crippen molar-refractivity contribution in [3.8, 4) is 0 Å². The molecule has 2 aromatic rings. The minimum absolute atomic E-state index is 0.180. The highest BCUT2D eigenvalue weighted by Gasteiger charge is 2.60. The highest BCUT2D eigenvalue weighted by atomic mass is 16.8. The summed E-state index contributed by atoms with van der Waals surface area (Å²) in [5.74, 6) is 0. The molecular formula is C15H10O4. The fourth-order valence-electron chi connectivity index (χ4n) is 3.53. The van der Waals surface area contributed by atoms with Crippen molar-refractivity contribution in [2.75, 3.05) is 0 Å². The Morgan fingerprint density at radius 3 is 2.58 bits per heavy atom. The minimum Gasteiger partial charge on any atom is -0.424 e. The second kappa shape index (κ2) is 3.08. The van der Waals surface area contributed by atoms with Crippen LogP contribution in [0.1, 0.15) is 23.3 Å². The number of carbonyl (C=O) groups excluding carboxylic acids is 1. The second-order valence-electron chi connectivity index (χ2n) is 5.18. The molecule has 19 heavy (non-hydrogen) atoms. The average Bonchev–Trinajstić information content (AvgIpc) is 3.07. The Morgan fingerprint density at radius 1 is 0.895 bits per heavy atom. The van der Waals surface area contributed by atoms with E-state index in [0.717, 1.165) is 11.1 Å². The van der Waals surface area contributed by atoms with Crippen LogP contribution in [0.15, 0.2) is 36.4 Å². The molecule has 94 valence electrons. The van der Waals surface area contributed by atoms with E-state index < -0.39 is 6.16 Å². The van der Waals surface area contributed by atoms with Gasteiger partial charge in [-0.3, -0.25) is 0 Å². The molecule has 3 aliphatic rings. The Balaban J connectivity index is 1.78. The van der Waals surface area contributed by atoms with Crippen LogP contribution in [0.3, 0.4) is 0 Å². The molecule has 4 heteroatoms. The van der Waals surface area contributed by atoms with Crippen LogP contribution in [-0.2, 0) is 14.2 Å². The predicted octanol–water partition coefficient (Wildman–Crippen LogP) is 2.87. The molecule has 2 fully saturated rings. The van der Waals surface area contributed by atoms with E-state index in [1.54, 1.807) is 0 Å². The van der Waals surface area contributed by atoms with Gasteiger partial charge in [0.05, 0.1) is 0 Å². The lowest BCUT2D eigenvalue weighted by atomic mass is 9.85. The van der Waals surface area contributed by atoms with Gasteiger partial charge in [-0.25, -0.2) is 4.79 Å². The Labute approximate surface area is 108 Å². The molecule has 0 amide bonds. The van der Waals surface area contributed by atoms with E-state index in [-0.39, 0.29) is 24.4 Å². The van der Waals surface area contributed by atoms with Gasteiger partial charge in [-0.1, -0.05) is 36.4 Å². The first-order valence-corrected chi connectivity index (χ1v) is 6.37. The molecule has 2 bridgehead atoms. The zero-order chi connectivity index (χ0) is 12.6. The van der Waals surface area contributed by atoms with E-state index >= 15 is 0 Å². The summed E-state index contributed by atoms with van der Waals surface area (Å²) in [5.41, 5.74) is 2.28. The molecule has 4 nitrogen and oxygen atoms in total. The van der Waals surface area contributed by atoms with E-state index in [1.807, 2.05) is 12.1 Å². The number of carbonyl (C=O) groups is 1.